The third-order valence-corrected chi connectivity index (χ3v) is 3.25. The topological polar surface area (TPSA) is 70.7 Å². The van der Waals surface area contributed by atoms with Crippen LogP contribution in [0.1, 0.15) is 77.8 Å². The molecule has 0 radical (unpaired) electrons. The quantitative estimate of drug-likeness (QED) is 0.878. The minimum Gasteiger partial charge on any atom is -0.369 e. The molecule has 0 saturated heterocycles. The molecule has 1 aliphatic rings. The summed E-state index contributed by atoms with van der Waals surface area (Å²) < 4.78 is 0. The van der Waals surface area contributed by atoms with Gasteiger partial charge < -0.3 is 11.5 Å². The first kappa shape index (κ1) is 22.9. The average molecular weight is 310 g/mol. The van der Waals surface area contributed by atoms with E-state index in [0.29, 0.717) is 12.3 Å². The molecule has 1 aromatic rings. The van der Waals surface area contributed by atoms with Crippen LogP contribution in [-0.4, -0.2) is 11.9 Å². The molecular formula is C19H37N2O+. The lowest BCUT2D eigenvalue weighted by molar-refractivity contribution is -0.437. The van der Waals surface area contributed by atoms with E-state index in [-0.39, 0.29) is 5.91 Å². The summed E-state index contributed by atoms with van der Waals surface area (Å²) in [6.07, 6.45) is 4.51. The zero-order valence-electron chi connectivity index (χ0n) is 15.5. The van der Waals surface area contributed by atoms with Crippen LogP contribution in [0, 0.1) is 0 Å². The number of benzene rings is 1. The van der Waals surface area contributed by atoms with Crippen LogP contribution in [0.25, 0.3) is 0 Å². The van der Waals surface area contributed by atoms with Gasteiger partial charge in [-0.1, -0.05) is 65.8 Å². The third-order valence-electron chi connectivity index (χ3n) is 3.25. The normalized spacial score (nSPS) is 12.5. The van der Waals surface area contributed by atoms with E-state index in [1.54, 1.807) is 0 Å². The SMILES string of the molecule is CC.CC.CC(C)c1ccc(CC(N)=O)cc1.[NH3+]C1CCC1. The van der Waals surface area contributed by atoms with Gasteiger partial charge in [0.1, 0.15) is 0 Å². The minimum atomic E-state index is -0.280. The van der Waals surface area contributed by atoms with Crippen LogP contribution in [0.4, 0.5) is 0 Å². The Labute approximate surface area is 137 Å². The number of hydrogen-bond acceptors (Lipinski definition) is 1. The standard InChI is InChI=1S/C11H15NO.C4H9N.2C2H6/c1-8(2)10-5-3-9(4-6-10)7-11(12)13;5-4-2-1-3-4;2*1-2/h3-6,8H,7H2,1-2H3,(H2,12,13);4H,1-3,5H2;2*1-2H3/p+1. The summed E-state index contributed by atoms with van der Waals surface area (Å²) in [4.78, 5) is 10.6. The van der Waals surface area contributed by atoms with Crippen LogP contribution in [0.5, 0.6) is 0 Å². The molecule has 0 atom stereocenters. The molecule has 1 saturated carbocycles. The van der Waals surface area contributed by atoms with Gasteiger partial charge in [0.2, 0.25) is 5.91 Å². The van der Waals surface area contributed by atoms with Crippen molar-refractivity contribution in [3.05, 3.63) is 35.4 Å². The van der Waals surface area contributed by atoms with E-state index < -0.39 is 0 Å². The number of rotatable bonds is 3. The van der Waals surface area contributed by atoms with Crippen LogP contribution >= 0.6 is 0 Å². The molecule has 0 spiro atoms. The van der Waals surface area contributed by atoms with E-state index in [2.05, 4.69) is 19.6 Å². The van der Waals surface area contributed by atoms with E-state index in [9.17, 15) is 4.79 Å². The molecule has 128 valence electrons. The number of carbonyl (C=O) groups excluding carboxylic acids is 1. The predicted octanol–water partition coefficient (Wildman–Crippen LogP) is 3.67. The molecular weight excluding hydrogens is 272 g/mol. The number of hydrogen-bond donors (Lipinski definition) is 2. The lowest BCUT2D eigenvalue weighted by Crippen LogP contribution is -2.63. The Kier molecular flexibility index (Phi) is 15.2. The summed E-state index contributed by atoms with van der Waals surface area (Å²) in [7, 11) is 0. The fraction of sp³-hybridized carbons (Fsp3) is 0.632. The van der Waals surface area contributed by atoms with Crippen molar-refractivity contribution in [1.82, 2.24) is 0 Å². The maximum atomic E-state index is 10.6. The molecule has 22 heavy (non-hydrogen) atoms. The second kappa shape index (κ2) is 14.6. The van der Waals surface area contributed by atoms with Crippen LogP contribution in [-0.2, 0) is 11.2 Å². The first-order valence-corrected chi connectivity index (χ1v) is 8.69. The Bertz CT molecular complexity index is 368. The second-order valence-electron chi connectivity index (χ2n) is 5.34. The van der Waals surface area contributed by atoms with Crippen molar-refractivity contribution in [3.63, 3.8) is 0 Å². The highest BCUT2D eigenvalue weighted by atomic mass is 16.1. The molecule has 5 N–H and O–H groups in total. The summed E-state index contributed by atoms with van der Waals surface area (Å²) in [5.74, 6) is 0.250. The molecule has 0 unspecified atom stereocenters. The van der Waals surface area contributed by atoms with Gasteiger partial charge in [-0.15, -0.1) is 0 Å². The van der Waals surface area contributed by atoms with Crippen molar-refractivity contribution < 1.29 is 10.5 Å². The number of quaternary nitrogens is 1. The largest absolute Gasteiger partial charge is 0.369 e. The zero-order valence-corrected chi connectivity index (χ0v) is 15.5. The summed E-state index contributed by atoms with van der Waals surface area (Å²) in [5, 5.41) is 0. The lowest BCUT2D eigenvalue weighted by Gasteiger charge is -2.15. The van der Waals surface area contributed by atoms with Gasteiger partial charge in [0, 0.05) is 0 Å². The van der Waals surface area contributed by atoms with Gasteiger partial charge in [0.25, 0.3) is 0 Å². The first-order chi connectivity index (χ1) is 10.5. The Morgan fingerprint density at radius 2 is 1.55 bits per heavy atom. The zero-order chi connectivity index (χ0) is 17.5. The molecule has 1 amide bonds. The highest BCUT2D eigenvalue weighted by Gasteiger charge is 2.14. The van der Waals surface area contributed by atoms with Crippen molar-refractivity contribution >= 4 is 5.91 Å². The van der Waals surface area contributed by atoms with Gasteiger partial charge in [-0.05, 0) is 36.3 Å². The van der Waals surface area contributed by atoms with Crippen LogP contribution < -0.4 is 11.5 Å². The van der Waals surface area contributed by atoms with E-state index in [0.717, 1.165) is 11.6 Å². The summed E-state index contributed by atoms with van der Waals surface area (Å²) in [6.45, 7) is 12.3. The fourth-order valence-electron chi connectivity index (χ4n) is 1.71. The molecule has 1 aromatic carbocycles. The fourth-order valence-corrected chi connectivity index (χ4v) is 1.71. The van der Waals surface area contributed by atoms with Gasteiger partial charge in [0.15, 0.2) is 0 Å². The van der Waals surface area contributed by atoms with E-state index in [1.165, 1.54) is 24.8 Å². The van der Waals surface area contributed by atoms with Crippen molar-refractivity contribution in [2.24, 2.45) is 5.73 Å². The molecule has 0 aromatic heterocycles. The molecule has 1 aliphatic carbocycles. The molecule has 0 aliphatic heterocycles. The number of primary amides is 1. The monoisotopic (exact) mass is 309 g/mol. The molecule has 1 fully saturated rings. The average Bonchev–Trinajstić information content (AvgIpc) is 2.50. The lowest BCUT2D eigenvalue weighted by atomic mass is 9.95. The highest BCUT2D eigenvalue weighted by molar-refractivity contribution is 5.76. The first-order valence-electron chi connectivity index (χ1n) is 8.69. The van der Waals surface area contributed by atoms with E-state index >= 15 is 0 Å². The molecule has 3 nitrogen and oxygen atoms in total. The second-order valence-corrected chi connectivity index (χ2v) is 5.34. The molecule has 2 rings (SSSR count). The van der Waals surface area contributed by atoms with E-state index in [4.69, 9.17) is 5.73 Å². The molecule has 3 heteroatoms. The molecule has 0 heterocycles. The summed E-state index contributed by atoms with van der Waals surface area (Å²) in [5.41, 5.74) is 11.2. The summed E-state index contributed by atoms with van der Waals surface area (Å²) >= 11 is 0. The van der Waals surface area contributed by atoms with Gasteiger partial charge in [-0.2, -0.15) is 0 Å². The number of nitrogens with two attached hydrogens (primary N) is 1. The van der Waals surface area contributed by atoms with Crippen LogP contribution in [0.2, 0.25) is 0 Å². The summed E-state index contributed by atoms with van der Waals surface area (Å²) in [6, 6.07) is 8.82. The van der Waals surface area contributed by atoms with Gasteiger partial charge in [0.05, 0.1) is 12.5 Å². The van der Waals surface area contributed by atoms with Crippen molar-refractivity contribution in [1.29, 1.82) is 0 Å². The van der Waals surface area contributed by atoms with Crippen LogP contribution in [0.3, 0.4) is 0 Å². The third kappa shape index (κ3) is 11.3. The van der Waals surface area contributed by atoms with Crippen molar-refractivity contribution in [2.45, 2.75) is 79.2 Å². The number of amides is 1. The highest BCUT2D eigenvalue weighted by Crippen LogP contribution is 2.14. The predicted molar refractivity (Wildman–Crippen MR) is 96.7 cm³/mol. The smallest absolute Gasteiger partial charge is 0.221 e. The van der Waals surface area contributed by atoms with E-state index in [1.807, 2.05) is 52.0 Å². The van der Waals surface area contributed by atoms with Gasteiger partial charge in [-0.3, -0.25) is 4.79 Å². The van der Waals surface area contributed by atoms with Gasteiger partial charge >= 0.3 is 0 Å². The van der Waals surface area contributed by atoms with Crippen LogP contribution in [0.15, 0.2) is 24.3 Å². The van der Waals surface area contributed by atoms with Crippen molar-refractivity contribution in [3.8, 4) is 0 Å². The Morgan fingerprint density at radius 3 is 1.77 bits per heavy atom. The Morgan fingerprint density at radius 1 is 1.14 bits per heavy atom. The number of carbonyl (C=O) groups is 1. The Hall–Kier alpha value is -1.35. The van der Waals surface area contributed by atoms with Crippen molar-refractivity contribution in [2.75, 3.05) is 0 Å². The maximum Gasteiger partial charge on any atom is 0.221 e. The molecule has 0 bridgehead atoms. The Balaban J connectivity index is 0. The van der Waals surface area contributed by atoms with Gasteiger partial charge in [-0.25, -0.2) is 0 Å². The minimum absolute atomic E-state index is 0.280. The maximum absolute atomic E-state index is 10.6.